The molecule has 0 spiro atoms. The van der Waals surface area contributed by atoms with Crippen molar-refractivity contribution >= 4 is 29.7 Å². The van der Waals surface area contributed by atoms with Crippen molar-refractivity contribution in [1.29, 1.82) is 0 Å². The first-order chi connectivity index (χ1) is 8.22. The number of carbonyl (C=O) groups excluding carboxylic acids is 1. The monoisotopic (exact) mass is 289 g/mol. The van der Waals surface area contributed by atoms with Crippen LogP contribution in [0.1, 0.15) is 41.0 Å². The van der Waals surface area contributed by atoms with Gasteiger partial charge >= 0.3 is 0 Å². The molecule has 1 amide bonds. The molecule has 0 radical (unpaired) electrons. The van der Waals surface area contributed by atoms with Gasteiger partial charge in [0.1, 0.15) is 4.88 Å². The topological polar surface area (TPSA) is 68.0 Å². The number of rotatable bonds is 4. The lowest BCUT2D eigenvalue weighted by Gasteiger charge is -2.22. The SMILES string of the molecule is Cc1ncsc1C(=O)NC(CN)C1CCCC1.Cl. The largest absolute Gasteiger partial charge is 0.347 e. The molecular formula is C12H20ClN3OS. The van der Waals surface area contributed by atoms with Gasteiger partial charge in [-0.3, -0.25) is 4.79 Å². The lowest BCUT2D eigenvalue weighted by atomic mass is 9.98. The minimum Gasteiger partial charge on any atom is -0.347 e. The molecule has 0 aliphatic heterocycles. The van der Waals surface area contributed by atoms with Crippen molar-refractivity contribution in [1.82, 2.24) is 10.3 Å². The molecule has 1 aliphatic rings. The Bertz CT molecular complexity index is 390. The molecule has 0 saturated heterocycles. The third-order valence-corrected chi connectivity index (χ3v) is 4.42. The predicted octanol–water partition coefficient (Wildman–Crippen LogP) is 2.12. The average Bonchev–Trinajstić information content (AvgIpc) is 2.96. The number of amides is 1. The number of aryl methyl sites for hydroxylation is 1. The summed E-state index contributed by atoms with van der Waals surface area (Å²) in [7, 11) is 0. The van der Waals surface area contributed by atoms with E-state index in [2.05, 4.69) is 10.3 Å². The number of nitrogens with one attached hydrogen (secondary N) is 1. The number of aromatic nitrogens is 1. The molecule has 6 heteroatoms. The van der Waals surface area contributed by atoms with Crippen molar-refractivity contribution < 1.29 is 4.79 Å². The summed E-state index contributed by atoms with van der Waals surface area (Å²) in [5.74, 6) is 0.532. The zero-order valence-corrected chi connectivity index (χ0v) is 12.1. The lowest BCUT2D eigenvalue weighted by molar-refractivity contribution is 0.0927. The molecule has 1 aromatic heterocycles. The molecule has 1 unspecified atom stereocenters. The highest BCUT2D eigenvalue weighted by molar-refractivity contribution is 7.11. The third-order valence-electron chi connectivity index (χ3n) is 3.49. The first kappa shape index (κ1) is 15.4. The van der Waals surface area contributed by atoms with Gasteiger partial charge in [-0.15, -0.1) is 23.7 Å². The highest BCUT2D eigenvalue weighted by Gasteiger charge is 2.26. The second-order valence-corrected chi connectivity index (χ2v) is 5.48. The summed E-state index contributed by atoms with van der Waals surface area (Å²) < 4.78 is 0. The Kier molecular flexibility index (Phi) is 6.05. The Morgan fingerprint density at radius 3 is 2.78 bits per heavy atom. The summed E-state index contributed by atoms with van der Waals surface area (Å²) in [5.41, 5.74) is 8.27. The Hall–Kier alpha value is -0.650. The van der Waals surface area contributed by atoms with Crippen LogP contribution in [0.5, 0.6) is 0 Å². The van der Waals surface area contributed by atoms with E-state index in [0.717, 1.165) is 5.69 Å². The molecule has 1 aromatic rings. The van der Waals surface area contributed by atoms with E-state index in [4.69, 9.17) is 5.73 Å². The van der Waals surface area contributed by atoms with E-state index in [1.165, 1.54) is 37.0 Å². The van der Waals surface area contributed by atoms with Crippen LogP contribution in [0.3, 0.4) is 0 Å². The van der Waals surface area contributed by atoms with Gasteiger partial charge in [-0.25, -0.2) is 4.98 Å². The van der Waals surface area contributed by atoms with Gasteiger partial charge in [-0.2, -0.15) is 0 Å². The van der Waals surface area contributed by atoms with E-state index in [9.17, 15) is 4.79 Å². The molecule has 2 rings (SSSR count). The van der Waals surface area contributed by atoms with Crippen molar-refractivity contribution in [3.8, 4) is 0 Å². The molecule has 3 N–H and O–H groups in total. The normalized spacial score (nSPS) is 17.2. The Balaban J connectivity index is 0.00000162. The molecule has 1 heterocycles. The zero-order chi connectivity index (χ0) is 12.3. The van der Waals surface area contributed by atoms with Crippen molar-refractivity contribution in [2.45, 2.75) is 38.6 Å². The summed E-state index contributed by atoms with van der Waals surface area (Å²) in [6.07, 6.45) is 4.89. The molecule has 102 valence electrons. The van der Waals surface area contributed by atoms with Crippen molar-refractivity contribution in [3.63, 3.8) is 0 Å². The first-order valence-corrected chi connectivity index (χ1v) is 7.01. The van der Waals surface area contributed by atoms with Gasteiger partial charge < -0.3 is 11.1 Å². The summed E-state index contributed by atoms with van der Waals surface area (Å²) in [4.78, 5) is 16.9. The number of hydrogen-bond donors (Lipinski definition) is 2. The highest BCUT2D eigenvalue weighted by atomic mass is 35.5. The van der Waals surface area contributed by atoms with Gasteiger partial charge in [-0.05, 0) is 25.7 Å². The van der Waals surface area contributed by atoms with Gasteiger partial charge in [0.15, 0.2) is 0 Å². The second-order valence-electron chi connectivity index (χ2n) is 4.63. The maximum atomic E-state index is 12.1. The summed E-state index contributed by atoms with van der Waals surface area (Å²) in [6.45, 7) is 2.38. The molecule has 1 saturated carbocycles. The number of halogens is 1. The van der Waals surface area contributed by atoms with Crippen molar-refractivity contribution in [3.05, 3.63) is 16.1 Å². The van der Waals surface area contributed by atoms with Crippen LogP contribution in [-0.4, -0.2) is 23.5 Å². The van der Waals surface area contributed by atoms with Gasteiger partial charge in [0.25, 0.3) is 5.91 Å². The van der Waals surface area contributed by atoms with E-state index in [-0.39, 0.29) is 24.4 Å². The Labute approximate surface area is 118 Å². The second kappa shape index (κ2) is 7.07. The third kappa shape index (κ3) is 3.43. The van der Waals surface area contributed by atoms with Gasteiger partial charge in [0.05, 0.1) is 11.2 Å². The average molecular weight is 290 g/mol. The first-order valence-electron chi connectivity index (χ1n) is 6.13. The fourth-order valence-electron chi connectivity index (χ4n) is 2.48. The molecule has 1 aliphatic carbocycles. The molecule has 1 atom stereocenters. The summed E-state index contributed by atoms with van der Waals surface area (Å²) >= 11 is 1.39. The van der Waals surface area contributed by atoms with Crippen LogP contribution in [0.15, 0.2) is 5.51 Å². The number of hydrogen-bond acceptors (Lipinski definition) is 4. The van der Waals surface area contributed by atoms with E-state index in [0.29, 0.717) is 17.3 Å². The number of nitrogens with zero attached hydrogens (tertiary/aromatic N) is 1. The molecular weight excluding hydrogens is 270 g/mol. The van der Waals surface area contributed by atoms with Crippen LogP contribution in [-0.2, 0) is 0 Å². The van der Waals surface area contributed by atoms with Crippen LogP contribution in [0.25, 0.3) is 0 Å². The molecule has 4 nitrogen and oxygen atoms in total. The molecule has 1 fully saturated rings. The Morgan fingerprint density at radius 1 is 1.61 bits per heavy atom. The fourth-order valence-corrected chi connectivity index (χ4v) is 3.19. The molecule has 0 bridgehead atoms. The number of thiazole rings is 1. The predicted molar refractivity (Wildman–Crippen MR) is 76.4 cm³/mol. The van der Waals surface area contributed by atoms with Gasteiger partial charge in [0.2, 0.25) is 0 Å². The van der Waals surface area contributed by atoms with E-state index in [1.807, 2.05) is 6.92 Å². The maximum absolute atomic E-state index is 12.1. The smallest absolute Gasteiger partial charge is 0.263 e. The Morgan fingerprint density at radius 2 is 2.28 bits per heavy atom. The molecule has 0 aromatic carbocycles. The van der Waals surface area contributed by atoms with Crippen LogP contribution in [0, 0.1) is 12.8 Å². The van der Waals surface area contributed by atoms with Crippen LogP contribution in [0.2, 0.25) is 0 Å². The lowest BCUT2D eigenvalue weighted by Crippen LogP contribution is -2.44. The summed E-state index contributed by atoms with van der Waals surface area (Å²) in [6, 6.07) is 0.117. The van der Waals surface area contributed by atoms with Crippen LogP contribution in [0.4, 0.5) is 0 Å². The highest BCUT2D eigenvalue weighted by Crippen LogP contribution is 2.27. The van der Waals surface area contributed by atoms with Gasteiger partial charge in [-0.1, -0.05) is 12.8 Å². The number of carbonyl (C=O) groups is 1. The van der Waals surface area contributed by atoms with Crippen LogP contribution >= 0.6 is 23.7 Å². The summed E-state index contributed by atoms with van der Waals surface area (Å²) in [5, 5.41) is 3.06. The zero-order valence-electron chi connectivity index (χ0n) is 10.5. The minimum atomic E-state index is -0.0210. The van der Waals surface area contributed by atoms with E-state index in [1.54, 1.807) is 5.51 Å². The maximum Gasteiger partial charge on any atom is 0.263 e. The van der Waals surface area contributed by atoms with E-state index < -0.39 is 0 Å². The number of nitrogens with two attached hydrogens (primary N) is 1. The van der Waals surface area contributed by atoms with Gasteiger partial charge in [0, 0.05) is 12.6 Å². The van der Waals surface area contributed by atoms with Crippen molar-refractivity contribution in [2.75, 3.05) is 6.54 Å². The quantitative estimate of drug-likeness (QED) is 0.892. The van der Waals surface area contributed by atoms with E-state index >= 15 is 0 Å². The van der Waals surface area contributed by atoms with Crippen molar-refractivity contribution in [2.24, 2.45) is 11.7 Å². The van der Waals surface area contributed by atoms with Crippen LogP contribution < -0.4 is 11.1 Å². The fraction of sp³-hybridized carbons (Fsp3) is 0.667. The molecule has 18 heavy (non-hydrogen) atoms. The standard InChI is InChI=1S/C12H19N3OS.ClH/c1-8-11(17-7-14-8)12(16)15-10(6-13)9-4-2-3-5-9;/h7,9-10H,2-6,13H2,1H3,(H,15,16);1H. The minimum absolute atomic E-state index is 0.